The van der Waals surface area contributed by atoms with Gasteiger partial charge in [0.1, 0.15) is 0 Å². The van der Waals surface area contributed by atoms with Crippen LogP contribution in [0, 0.1) is 11.8 Å². The first-order valence-corrected chi connectivity index (χ1v) is 12.0. The van der Waals surface area contributed by atoms with E-state index >= 15 is 0 Å². The van der Waals surface area contributed by atoms with E-state index < -0.39 is 0 Å². The molecular weight excluding hydrogens is 348 g/mol. The molecule has 4 atom stereocenters. The van der Waals surface area contributed by atoms with E-state index in [1.165, 1.54) is 51.7 Å². The lowest BCUT2D eigenvalue weighted by Gasteiger charge is -2.57. The van der Waals surface area contributed by atoms with Crippen LogP contribution in [0.25, 0.3) is 0 Å². The van der Waals surface area contributed by atoms with E-state index in [-0.39, 0.29) is 0 Å². The second-order valence-corrected chi connectivity index (χ2v) is 10.1. The van der Waals surface area contributed by atoms with Crippen LogP contribution in [0.1, 0.15) is 58.8 Å². The minimum Gasteiger partial charge on any atom is -0.340 e. The molecule has 4 rings (SSSR count). The number of rotatable bonds is 5. The van der Waals surface area contributed by atoms with Crippen LogP contribution >= 0.6 is 0 Å². The molecule has 160 valence electrons. The Morgan fingerprint density at radius 1 is 1.00 bits per heavy atom. The Hall–Kier alpha value is -0.650. The van der Waals surface area contributed by atoms with Gasteiger partial charge in [-0.2, -0.15) is 0 Å². The first kappa shape index (κ1) is 20.6. The standard InChI is InChI=1S/C23H42N4O/c1-18(2)25-13-15-26(16-14-25)22(28)10-4-9-21-20-8-6-12-27-11-5-7-19(23(20)27)17-24(21)3/h18-21,23H,4-17H2,1-3H3/t19-,20+,21+,23-/m0/s1. The minimum absolute atomic E-state index is 0.391. The van der Waals surface area contributed by atoms with Crippen LogP contribution in [-0.2, 0) is 4.79 Å². The van der Waals surface area contributed by atoms with Crippen LogP contribution in [0.2, 0.25) is 0 Å². The second kappa shape index (κ2) is 9.01. The van der Waals surface area contributed by atoms with Gasteiger partial charge >= 0.3 is 0 Å². The Bertz CT molecular complexity index is 529. The van der Waals surface area contributed by atoms with Crippen molar-refractivity contribution in [3.63, 3.8) is 0 Å². The number of hydrogen-bond donors (Lipinski definition) is 0. The fraction of sp³-hybridized carbons (Fsp3) is 0.957. The molecule has 4 saturated heterocycles. The highest BCUT2D eigenvalue weighted by molar-refractivity contribution is 5.76. The lowest BCUT2D eigenvalue weighted by atomic mass is 9.69. The number of carbonyl (C=O) groups excluding carboxylic acids is 1. The lowest BCUT2D eigenvalue weighted by Crippen LogP contribution is -2.63. The van der Waals surface area contributed by atoms with Gasteiger partial charge in [0.05, 0.1) is 0 Å². The SMILES string of the molecule is CC(C)N1CCN(C(=O)CCC[C@@H]2[C@H]3CCCN4CCC[C@@H](CN2C)[C@@H]34)CC1. The van der Waals surface area contributed by atoms with Gasteiger partial charge < -0.3 is 9.80 Å². The van der Waals surface area contributed by atoms with Gasteiger partial charge in [-0.15, -0.1) is 0 Å². The number of carbonyl (C=O) groups is 1. The van der Waals surface area contributed by atoms with Crippen LogP contribution in [0.15, 0.2) is 0 Å². The third-order valence-corrected chi connectivity index (χ3v) is 8.22. The highest BCUT2D eigenvalue weighted by Gasteiger charge is 2.47. The summed E-state index contributed by atoms with van der Waals surface area (Å²) in [5.74, 6) is 2.12. The normalized spacial score (nSPS) is 35.2. The summed E-state index contributed by atoms with van der Waals surface area (Å²) < 4.78 is 0. The number of piperazine rings is 1. The van der Waals surface area contributed by atoms with Crippen molar-refractivity contribution in [1.82, 2.24) is 19.6 Å². The third kappa shape index (κ3) is 4.27. The van der Waals surface area contributed by atoms with E-state index in [4.69, 9.17) is 0 Å². The van der Waals surface area contributed by atoms with Crippen LogP contribution in [0.5, 0.6) is 0 Å². The van der Waals surface area contributed by atoms with E-state index in [0.717, 1.165) is 56.9 Å². The average Bonchev–Trinajstić information content (AvgIpc) is 2.70. The van der Waals surface area contributed by atoms with Gasteiger partial charge in [-0.1, -0.05) is 0 Å². The van der Waals surface area contributed by atoms with Crippen molar-refractivity contribution in [2.75, 3.05) is 52.9 Å². The molecule has 1 amide bonds. The van der Waals surface area contributed by atoms with Crippen molar-refractivity contribution in [3.8, 4) is 0 Å². The van der Waals surface area contributed by atoms with Gasteiger partial charge in [0.25, 0.3) is 0 Å². The fourth-order valence-electron chi connectivity index (χ4n) is 6.75. The molecule has 0 aromatic rings. The Labute approximate surface area is 172 Å². The molecule has 0 bridgehead atoms. The van der Waals surface area contributed by atoms with Gasteiger partial charge in [0, 0.05) is 57.3 Å². The molecule has 4 heterocycles. The van der Waals surface area contributed by atoms with Crippen LogP contribution in [0.3, 0.4) is 0 Å². The van der Waals surface area contributed by atoms with Crippen molar-refractivity contribution in [2.24, 2.45) is 11.8 Å². The van der Waals surface area contributed by atoms with E-state index in [2.05, 4.69) is 40.5 Å². The van der Waals surface area contributed by atoms with E-state index in [1.807, 2.05) is 0 Å². The van der Waals surface area contributed by atoms with Crippen molar-refractivity contribution < 1.29 is 4.79 Å². The van der Waals surface area contributed by atoms with Gasteiger partial charge in [-0.25, -0.2) is 0 Å². The highest BCUT2D eigenvalue weighted by atomic mass is 16.2. The van der Waals surface area contributed by atoms with Gasteiger partial charge in [-0.3, -0.25) is 14.6 Å². The maximum absolute atomic E-state index is 12.7. The van der Waals surface area contributed by atoms with Crippen molar-refractivity contribution in [2.45, 2.75) is 76.9 Å². The molecule has 4 fully saturated rings. The molecule has 0 N–H and O–H groups in total. The van der Waals surface area contributed by atoms with Gasteiger partial charge in [0.2, 0.25) is 5.91 Å². The summed E-state index contributed by atoms with van der Waals surface area (Å²) in [6, 6.07) is 2.12. The lowest BCUT2D eigenvalue weighted by molar-refractivity contribution is -0.133. The highest BCUT2D eigenvalue weighted by Crippen LogP contribution is 2.42. The van der Waals surface area contributed by atoms with Crippen LogP contribution in [-0.4, -0.2) is 96.5 Å². The maximum atomic E-state index is 12.7. The molecule has 28 heavy (non-hydrogen) atoms. The molecule has 0 spiro atoms. The third-order valence-electron chi connectivity index (χ3n) is 8.22. The summed E-state index contributed by atoms with van der Waals surface area (Å²) in [5.41, 5.74) is 0. The predicted molar refractivity (Wildman–Crippen MR) is 114 cm³/mol. The van der Waals surface area contributed by atoms with Gasteiger partial charge in [-0.05, 0) is 84.3 Å². The van der Waals surface area contributed by atoms with E-state index in [1.54, 1.807) is 0 Å². The molecule has 4 aliphatic rings. The smallest absolute Gasteiger partial charge is 0.222 e. The Morgan fingerprint density at radius 3 is 2.43 bits per heavy atom. The molecule has 5 nitrogen and oxygen atoms in total. The topological polar surface area (TPSA) is 30.0 Å². The van der Waals surface area contributed by atoms with Crippen molar-refractivity contribution >= 4 is 5.91 Å². The number of hydrogen-bond acceptors (Lipinski definition) is 4. The molecule has 4 aliphatic heterocycles. The molecule has 0 saturated carbocycles. The summed E-state index contributed by atoms with van der Waals surface area (Å²) in [7, 11) is 2.35. The molecule has 0 unspecified atom stereocenters. The Kier molecular flexibility index (Phi) is 6.63. The average molecular weight is 391 g/mol. The second-order valence-electron chi connectivity index (χ2n) is 10.1. The van der Waals surface area contributed by atoms with E-state index in [9.17, 15) is 4.79 Å². The maximum Gasteiger partial charge on any atom is 0.222 e. The fourth-order valence-corrected chi connectivity index (χ4v) is 6.75. The summed E-state index contributed by atoms with van der Waals surface area (Å²) in [5, 5.41) is 0. The Morgan fingerprint density at radius 2 is 1.71 bits per heavy atom. The first-order chi connectivity index (χ1) is 13.5. The quantitative estimate of drug-likeness (QED) is 0.722. The zero-order valence-corrected chi connectivity index (χ0v) is 18.5. The first-order valence-electron chi connectivity index (χ1n) is 12.0. The summed E-state index contributed by atoms with van der Waals surface area (Å²) in [6.07, 6.45) is 8.61. The van der Waals surface area contributed by atoms with Crippen molar-refractivity contribution in [3.05, 3.63) is 0 Å². The van der Waals surface area contributed by atoms with Crippen LogP contribution < -0.4 is 0 Å². The van der Waals surface area contributed by atoms with E-state index in [0.29, 0.717) is 18.0 Å². The molecule has 0 aliphatic carbocycles. The summed E-state index contributed by atoms with van der Waals surface area (Å²) >= 11 is 0. The number of nitrogens with zero attached hydrogens (tertiary/aromatic N) is 4. The molecule has 0 aromatic heterocycles. The molecule has 5 heteroatoms. The number of likely N-dealkylation sites (tertiary alicyclic amines) is 1. The summed E-state index contributed by atoms with van der Waals surface area (Å²) in [4.78, 5) is 22.8. The minimum atomic E-state index is 0.391. The number of amides is 1. The molecule has 0 aromatic carbocycles. The van der Waals surface area contributed by atoms with Crippen LogP contribution in [0.4, 0.5) is 0 Å². The van der Waals surface area contributed by atoms with Crippen molar-refractivity contribution in [1.29, 1.82) is 0 Å². The zero-order chi connectivity index (χ0) is 19.7. The summed E-state index contributed by atoms with van der Waals surface area (Å²) in [6.45, 7) is 12.3. The largest absolute Gasteiger partial charge is 0.340 e. The molecular formula is C23H42N4O. The number of piperidine rings is 3. The van der Waals surface area contributed by atoms with Gasteiger partial charge in [0.15, 0.2) is 0 Å². The monoisotopic (exact) mass is 390 g/mol. The zero-order valence-electron chi connectivity index (χ0n) is 18.5. The Balaban J connectivity index is 1.27. The molecule has 0 radical (unpaired) electrons. The predicted octanol–water partition coefficient (Wildman–Crippen LogP) is 2.51.